The molecule has 0 heterocycles. The summed E-state index contributed by atoms with van der Waals surface area (Å²) >= 11 is 0. The second-order valence-corrected chi connectivity index (χ2v) is 4.49. The number of hydrogen-bond acceptors (Lipinski definition) is 2. The summed E-state index contributed by atoms with van der Waals surface area (Å²) in [6, 6.07) is 0. The van der Waals surface area contributed by atoms with Crippen molar-refractivity contribution in [1.29, 1.82) is 0 Å². The van der Waals surface area contributed by atoms with Crippen LogP contribution in [-0.4, -0.2) is 26.4 Å². The van der Waals surface area contributed by atoms with E-state index in [-0.39, 0.29) is 0 Å². The molecule has 0 aromatic heterocycles. The van der Waals surface area contributed by atoms with E-state index in [1.54, 1.807) is 0 Å². The summed E-state index contributed by atoms with van der Waals surface area (Å²) in [7, 11) is 0. The standard InChI is InChI=1S/C13H24O2/c1-4-14-7-8-15-10-13-9-11(2)5-6-12(13)3/h5-6,11-13H,4,7-10H2,1-3H3. The molecule has 0 amide bonds. The van der Waals surface area contributed by atoms with Crippen molar-refractivity contribution in [3.05, 3.63) is 12.2 Å². The van der Waals surface area contributed by atoms with Crippen LogP contribution in [-0.2, 0) is 9.47 Å². The molecule has 0 bridgehead atoms. The Bertz CT molecular complexity index is 189. The summed E-state index contributed by atoms with van der Waals surface area (Å²) in [4.78, 5) is 0. The van der Waals surface area contributed by atoms with E-state index in [9.17, 15) is 0 Å². The average molecular weight is 212 g/mol. The lowest BCUT2D eigenvalue weighted by Gasteiger charge is -2.27. The lowest BCUT2D eigenvalue weighted by Crippen LogP contribution is -2.23. The van der Waals surface area contributed by atoms with Crippen molar-refractivity contribution >= 4 is 0 Å². The van der Waals surface area contributed by atoms with E-state index >= 15 is 0 Å². The Morgan fingerprint density at radius 1 is 1.13 bits per heavy atom. The van der Waals surface area contributed by atoms with Crippen LogP contribution < -0.4 is 0 Å². The van der Waals surface area contributed by atoms with Gasteiger partial charge in [0.25, 0.3) is 0 Å². The fourth-order valence-corrected chi connectivity index (χ4v) is 2.01. The zero-order valence-electron chi connectivity index (χ0n) is 10.2. The Kier molecular flexibility index (Phi) is 5.96. The van der Waals surface area contributed by atoms with E-state index in [1.165, 1.54) is 6.42 Å². The molecular weight excluding hydrogens is 188 g/mol. The summed E-state index contributed by atoms with van der Waals surface area (Å²) in [5, 5.41) is 0. The maximum Gasteiger partial charge on any atom is 0.0700 e. The van der Waals surface area contributed by atoms with Crippen LogP contribution in [0.2, 0.25) is 0 Å². The first-order valence-electron chi connectivity index (χ1n) is 6.07. The van der Waals surface area contributed by atoms with Crippen molar-refractivity contribution in [3.63, 3.8) is 0 Å². The summed E-state index contributed by atoms with van der Waals surface area (Å²) in [5.41, 5.74) is 0. The third-order valence-electron chi connectivity index (χ3n) is 3.07. The van der Waals surface area contributed by atoms with Crippen molar-refractivity contribution < 1.29 is 9.47 Å². The maximum absolute atomic E-state index is 5.64. The number of rotatable bonds is 6. The second-order valence-electron chi connectivity index (χ2n) is 4.49. The summed E-state index contributed by atoms with van der Waals surface area (Å²) in [6.45, 7) is 9.67. The normalized spacial score (nSPS) is 30.7. The minimum atomic E-state index is 0.660. The first-order valence-corrected chi connectivity index (χ1v) is 6.07. The molecule has 1 rings (SSSR count). The summed E-state index contributed by atoms with van der Waals surface area (Å²) in [6.07, 6.45) is 5.90. The molecule has 0 saturated heterocycles. The molecule has 88 valence electrons. The average Bonchev–Trinajstić information content (AvgIpc) is 2.23. The molecule has 15 heavy (non-hydrogen) atoms. The van der Waals surface area contributed by atoms with E-state index in [4.69, 9.17) is 9.47 Å². The van der Waals surface area contributed by atoms with Gasteiger partial charge < -0.3 is 9.47 Å². The second kappa shape index (κ2) is 7.02. The Morgan fingerprint density at radius 3 is 2.60 bits per heavy atom. The van der Waals surface area contributed by atoms with Gasteiger partial charge >= 0.3 is 0 Å². The van der Waals surface area contributed by atoms with E-state index in [0.717, 1.165) is 26.4 Å². The van der Waals surface area contributed by atoms with Crippen LogP contribution >= 0.6 is 0 Å². The molecule has 2 nitrogen and oxygen atoms in total. The van der Waals surface area contributed by atoms with Crippen LogP contribution in [0.4, 0.5) is 0 Å². The van der Waals surface area contributed by atoms with Crippen LogP contribution in [0.1, 0.15) is 27.2 Å². The molecule has 1 aliphatic carbocycles. The fourth-order valence-electron chi connectivity index (χ4n) is 2.01. The van der Waals surface area contributed by atoms with Gasteiger partial charge in [-0.2, -0.15) is 0 Å². The molecule has 1 aliphatic rings. The van der Waals surface area contributed by atoms with Gasteiger partial charge in [0, 0.05) is 6.61 Å². The molecule has 3 unspecified atom stereocenters. The van der Waals surface area contributed by atoms with Gasteiger partial charge in [0.1, 0.15) is 0 Å². The van der Waals surface area contributed by atoms with Crippen molar-refractivity contribution in [3.8, 4) is 0 Å². The van der Waals surface area contributed by atoms with Gasteiger partial charge in [-0.3, -0.25) is 0 Å². The Morgan fingerprint density at radius 2 is 1.87 bits per heavy atom. The predicted octanol–water partition coefficient (Wildman–Crippen LogP) is 2.89. The molecular formula is C13H24O2. The monoisotopic (exact) mass is 212 g/mol. The number of ether oxygens (including phenoxy) is 2. The molecule has 0 radical (unpaired) electrons. The summed E-state index contributed by atoms with van der Waals surface area (Å²) < 4.78 is 10.9. The third-order valence-corrected chi connectivity index (χ3v) is 3.07. The van der Waals surface area contributed by atoms with Crippen LogP contribution in [0, 0.1) is 17.8 Å². The van der Waals surface area contributed by atoms with Crippen LogP contribution in [0.5, 0.6) is 0 Å². The van der Waals surface area contributed by atoms with Crippen LogP contribution in [0.25, 0.3) is 0 Å². The van der Waals surface area contributed by atoms with E-state index < -0.39 is 0 Å². The Labute approximate surface area is 93.7 Å². The first-order chi connectivity index (χ1) is 7.24. The van der Waals surface area contributed by atoms with Crippen molar-refractivity contribution in [2.45, 2.75) is 27.2 Å². The quantitative estimate of drug-likeness (QED) is 0.498. The van der Waals surface area contributed by atoms with E-state index in [0.29, 0.717) is 17.8 Å². The number of allylic oxidation sites excluding steroid dienone is 2. The topological polar surface area (TPSA) is 18.5 Å². The Hall–Kier alpha value is -0.340. The van der Waals surface area contributed by atoms with Gasteiger partial charge in [0.15, 0.2) is 0 Å². The lowest BCUT2D eigenvalue weighted by atomic mass is 9.81. The smallest absolute Gasteiger partial charge is 0.0700 e. The molecule has 0 saturated carbocycles. The maximum atomic E-state index is 5.64. The third kappa shape index (κ3) is 4.80. The van der Waals surface area contributed by atoms with Gasteiger partial charge in [0.05, 0.1) is 19.8 Å². The van der Waals surface area contributed by atoms with E-state index in [1.807, 2.05) is 6.92 Å². The molecule has 0 aromatic rings. The van der Waals surface area contributed by atoms with Crippen molar-refractivity contribution in [2.24, 2.45) is 17.8 Å². The minimum Gasteiger partial charge on any atom is -0.379 e. The van der Waals surface area contributed by atoms with E-state index in [2.05, 4.69) is 26.0 Å². The number of hydrogen-bond donors (Lipinski definition) is 0. The van der Waals surface area contributed by atoms with Gasteiger partial charge in [0.2, 0.25) is 0 Å². The zero-order chi connectivity index (χ0) is 11.1. The van der Waals surface area contributed by atoms with Gasteiger partial charge in [-0.25, -0.2) is 0 Å². The van der Waals surface area contributed by atoms with Gasteiger partial charge in [-0.1, -0.05) is 26.0 Å². The Balaban J connectivity index is 2.12. The molecule has 2 heteroatoms. The van der Waals surface area contributed by atoms with Crippen LogP contribution in [0.3, 0.4) is 0 Å². The SMILES string of the molecule is CCOCCOCC1CC(C)C=CC1C. The fraction of sp³-hybridized carbons (Fsp3) is 0.846. The first kappa shape index (κ1) is 12.7. The highest BCUT2D eigenvalue weighted by Gasteiger charge is 2.21. The highest BCUT2D eigenvalue weighted by atomic mass is 16.5. The predicted molar refractivity (Wildman–Crippen MR) is 62.9 cm³/mol. The van der Waals surface area contributed by atoms with Crippen molar-refractivity contribution in [1.82, 2.24) is 0 Å². The van der Waals surface area contributed by atoms with Crippen molar-refractivity contribution in [2.75, 3.05) is 26.4 Å². The van der Waals surface area contributed by atoms with Crippen LogP contribution in [0.15, 0.2) is 12.2 Å². The zero-order valence-corrected chi connectivity index (χ0v) is 10.2. The lowest BCUT2D eigenvalue weighted by molar-refractivity contribution is 0.0273. The highest BCUT2D eigenvalue weighted by molar-refractivity contribution is 4.98. The molecule has 0 fully saturated rings. The molecule has 0 aromatic carbocycles. The molecule has 0 N–H and O–H groups in total. The molecule has 3 atom stereocenters. The van der Waals surface area contributed by atoms with Gasteiger partial charge in [-0.05, 0) is 31.1 Å². The van der Waals surface area contributed by atoms with Gasteiger partial charge in [-0.15, -0.1) is 0 Å². The minimum absolute atomic E-state index is 0.660. The largest absolute Gasteiger partial charge is 0.379 e. The molecule has 0 spiro atoms. The highest BCUT2D eigenvalue weighted by Crippen LogP contribution is 2.27. The summed E-state index contributed by atoms with van der Waals surface area (Å²) in [5.74, 6) is 2.06. The molecule has 0 aliphatic heterocycles.